The van der Waals surface area contributed by atoms with Crippen molar-refractivity contribution in [2.24, 2.45) is 12.9 Å². The van der Waals surface area contributed by atoms with Crippen LogP contribution in [-0.4, -0.2) is 22.5 Å². The van der Waals surface area contributed by atoms with Gasteiger partial charge in [0, 0.05) is 12.4 Å². The Labute approximate surface area is 107 Å². The molecule has 0 radical (unpaired) electrons. The fourth-order valence-electron chi connectivity index (χ4n) is 1.99. The molecule has 18 heavy (non-hydrogen) atoms. The Morgan fingerprint density at radius 3 is 2.78 bits per heavy atom. The number of nitrogens with two attached hydrogens (primary N) is 1. The largest absolute Gasteiger partial charge is 0.377 e. The Kier molecular flexibility index (Phi) is 3.96. The van der Waals surface area contributed by atoms with Gasteiger partial charge in [0.15, 0.2) is 0 Å². The van der Waals surface area contributed by atoms with Crippen molar-refractivity contribution in [3.8, 4) is 0 Å². The van der Waals surface area contributed by atoms with Crippen LogP contribution in [0.5, 0.6) is 0 Å². The molecular formula is C13H20N4O. The molecule has 0 amide bonds. The fourth-order valence-corrected chi connectivity index (χ4v) is 1.99. The van der Waals surface area contributed by atoms with Gasteiger partial charge in [0.2, 0.25) is 0 Å². The summed E-state index contributed by atoms with van der Waals surface area (Å²) in [6.07, 6.45) is 0.177. The molecule has 5 heteroatoms. The molecule has 1 aromatic carbocycles. The first-order chi connectivity index (χ1) is 8.63. The number of aryl methyl sites for hydroxylation is 1. The van der Waals surface area contributed by atoms with Crippen LogP contribution in [0, 0.1) is 0 Å². The number of nitrogens with one attached hydrogen (secondary N) is 1. The Balaban J connectivity index is 2.33. The van der Waals surface area contributed by atoms with Gasteiger partial charge in [-0.2, -0.15) is 5.10 Å². The van der Waals surface area contributed by atoms with Gasteiger partial charge in [-0.1, -0.05) is 18.2 Å². The molecule has 3 N–H and O–H groups in total. The molecule has 0 spiro atoms. The topological polar surface area (TPSA) is 65.1 Å². The molecule has 98 valence electrons. The minimum Gasteiger partial charge on any atom is -0.377 e. The van der Waals surface area contributed by atoms with Gasteiger partial charge in [0.25, 0.3) is 0 Å². The molecule has 1 aromatic heterocycles. The third kappa shape index (κ3) is 2.53. The normalized spacial score (nSPS) is 13.4. The summed E-state index contributed by atoms with van der Waals surface area (Å²) in [4.78, 5) is 0. The summed E-state index contributed by atoms with van der Waals surface area (Å²) in [6.45, 7) is 4.52. The monoisotopic (exact) mass is 248 g/mol. The lowest BCUT2D eigenvalue weighted by Gasteiger charge is -2.16. The third-order valence-corrected chi connectivity index (χ3v) is 2.91. The summed E-state index contributed by atoms with van der Waals surface area (Å²) in [5.41, 5.74) is 4.80. The first kappa shape index (κ1) is 13.0. The van der Waals surface area contributed by atoms with Crippen LogP contribution in [0.15, 0.2) is 24.3 Å². The van der Waals surface area contributed by atoms with Crippen LogP contribution in [0.2, 0.25) is 0 Å². The highest BCUT2D eigenvalue weighted by Gasteiger charge is 2.18. The minimum absolute atomic E-state index is 0.0986. The second-order valence-corrected chi connectivity index (χ2v) is 4.63. The Morgan fingerprint density at radius 2 is 2.11 bits per heavy atom. The van der Waals surface area contributed by atoms with Gasteiger partial charge in [0.1, 0.15) is 0 Å². The molecule has 1 unspecified atom stereocenters. The van der Waals surface area contributed by atoms with Gasteiger partial charge in [-0.25, -0.2) is 5.43 Å². The molecule has 0 aliphatic heterocycles. The summed E-state index contributed by atoms with van der Waals surface area (Å²) in [6, 6.07) is 8.01. The maximum absolute atomic E-state index is 5.62. The lowest BCUT2D eigenvalue weighted by Crippen LogP contribution is -2.32. The van der Waals surface area contributed by atoms with Crippen molar-refractivity contribution in [2.45, 2.75) is 26.0 Å². The number of hydrogen-bond donors (Lipinski definition) is 2. The van der Waals surface area contributed by atoms with E-state index in [1.165, 1.54) is 0 Å². The zero-order chi connectivity index (χ0) is 13.1. The molecule has 1 atom stereocenters. The number of fused-ring (bicyclic) bond motifs is 1. The van der Waals surface area contributed by atoms with Crippen LogP contribution < -0.4 is 11.3 Å². The molecule has 0 aliphatic carbocycles. The highest BCUT2D eigenvalue weighted by molar-refractivity contribution is 5.82. The molecule has 0 saturated heterocycles. The second kappa shape index (κ2) is 5.48. The minimum atomic E-state index is -0.0986. The van der Waals surface area contributed by atoms with E-state index < -0.39 is 0 Å². The van der Waals surface area contributed by atoms with Crippen molar-refractivity contribution in [3.05, 3.63) is 30.0 Å². The Hall–Kier alpha value is -1.43. The summed E-state index contributed by atoms with van der Waals surface area (Å²) in [7, 11) is 1.93. The maximum atomic E-state index is 5.62. The van der Waals surface area contributed by atoms with E-state index >= 15 is 0 Å². The molecule has 1 heterocycles. The van der Waals surface area contributed by atoms with Crippen molar-refractivity contribution in [3.63, 3.8) is 0 Å². The zero-order valence-corrected chi connectivity index (χ0v) is 11.1. The lowest BCUT2D eigenvalue weighted by molar-refractivity contribution is 0.0605. The standard InChI is InChI=1S/C13H20N4O/c1-9(2)18-8-11(15-14)13-10-6-4-5-7-12(10)17(3)16-13/h4-7,9,11,15H,8,14H2,1-3H3. The van der Waals surface area contributed by atoms with Gasteiger partial charge in [0.05, 0.1) is 30.0 Å². The van der Waals surface area contributed by atoms with Crippen LogP contribution in [0.4, 0.5) is 0 Å². The van der Waals surface area contributed by atoms with Crippen LogP contribution in [0.25, 0.3) is 10.9 Å². The average molecular weight is 248 g/mol. The lowest BCUT2D eigenvalue weighted by atomic mass is 10.1. The van der Waals surface area contributed by atoms with Crippen LogP contribution in [0.1, 0.15) is 25.6 Å². The quantitative estimate of drug-likeness (QED) is 0.621. The maximum Gasteiger partial charge on any atom is 0.0909 e. The van der Waals surface area contributed by atoms with Crippen LogP contribution in [0.3, 0.4) is 0 Å². The summed E-state index contributed by atoms with van der Waals surface area (Å²) in [5.74, 6) is 5.61. The molecule has 0 aliphatic rings. The van der Waals surface area contributed by atoms with E-state index in [2.05, 4.69) is 16.6 Å². The van der Waals surface area contributed by atoms with Crippen LogP contribution in [-0.2, 0) is 11.8 Å². The number of ether oxygens (including phenoxy) is 1. The number of nitrogens with zero attached hydrogens (tertiary/aromatic N) is 2. The average Bonchev–Trinajstić information content (AvgIpc) is 2.68. The molecule has 2 rings (SSSR count). The van der Waals surface area contributed by atoms with Crippen molar-refractivity contribution in [1.82, 2.24) is 15.2 Å². The van der Waals surface area contributed by atoms with E-state index in [0.29, 0.717) is 6.61 Å². The predicted molar refractivity (Wildman–Crippen MR) is 71.9 cm³/mol. The summed E-state index contributed by atoms with van der Waals surface area (Å²) in [5, 5.41) is 5.64. The first-order valence-electron chi connectivity index (χ1n) is 6.13. The van der Waals surface area contributed by atoms with E-state index in [0.717, 1.165) is 16.6 Å². The van der Waals surface area contributed by atoms with Gasteiger partial charge < -0.3 is 4.74 Å². The van der Waals surface area contributed by atoms with E-state index in [-0.39, 0.29) is 12.1 Å². The molecular weight excluding hydrogens is 228 g/mol. The third-order valence-electron chi connectivity index (χ3n) is 2.91. The van der Waals surface area contributed by atoms with Gasteiger partial charge in [-0.15, -0.1) is 0 Å². The van der Waals surface area contributed by atoms with Crippen molar-refractivity contribution in [1.29, 1.82) is 0 Å². The van der Waals surface area contributed by atoms with Gasteiger partial charge in [-0.05, 0) is 19.9 Å². The summed E-state index contributed by atoms with van der Waals surface area (Å²) >= 11 is 0. The van der Waals surface area contributed by atoms with Gasteiger partial charge >= 0.3 is 0 Å². The van der Waals surface area contributed by atoms with E-state index in [9.17, 15) is 0 Å². The van der Waals surface area contributed by atoms with E-state index in [1.807, 2.05) is 43.8 Å². The molecule has 2 aromatic rings. The van der Waals surface area contributed by atoms with Gasteiger partial charge in [-0.3, -0.25) is 10.5 Å². The molecule has 0 saturated carbocycles. The van der Waals surface area contributed by atoms with E-state index in [4.69, 9.17) is 10.6 Å². The number of aromatic nitrogens is 2. The highest BCUT2D eigenvalue weighted by atomic mass is 16.5. The molecule has 0 fully saturated rings. The van der Waals surface area contributed by atoms with Crippen molar-refractivity contribution in [2.75, 3.05) is 6.61 Å². The molecule has 5 nitrogen and oxygen atoms in total. The molecule has 0 bridgehead atoms. The summed E-state index contributed by atoms with van der Waals surface area (Å²) < 4.78 is 7.48. The highest BCUT2D eigenvalue weighted by Crippen LogP contribution is 2.23. The zero-order valence-electron chi connectivity index (χ0n) is 11.1. The fraction of sp³-hybridized carbons (Fsp3) is 0.462. The number of hydrazine groups is 1. The van der Waals surface area contributed by atoms with Crippen molar-refractivity contribution < 1.29 is 4.74 Å². The Bertz CT molecular complexity index is 521. The SMILES string of the molecule is CC(C)OCC(NN)c1nn(C)c2ccccc12. The second-order valence-electron chi connectivity index (χ2n) is 4.63. The number of benzene rings is 1. The Morgan fingerprint density at radius 1 is 1.39 bits per heavy atom. The van der Waals surface area contributed by atoms with Crippen LogP contribution >= 0.6 is 0 Å². The number of hydrogen-bond acceptors (Lipinski definition) is 4. The van der Waals surface area contributed by atoms with Crippen molar-refractivity contribution >= 4 is 10.9 Å². The predicted octanol–water partition coefficient (Wildman–Crippen LogP) is 1.50. The number of rotatable bonds is 5. The smallest absolute Gasteiger partial charge is 0.0909 e. The first-order valence-corrected chi connectivity index (χ1v) is 6.13. The van der Waals surface area contributed by atoms with E-state index in [1.54, 1.807) is 0 Å². The number of para-hydroxylation sites is 1.